The van der Waals surface area contributed by atoms with Crippen molar-refractivity contribution in [2.24, 2.45) is 5.92 Å². The fourth-order valence-electron chi connectivity index (χ4n) is 3.08. The van der Waals surface area contributed by atoms with E-state index < -0.39 is 6.04 Å². The fourth-order valence-corrected chi connectivity index (χ4v) is 3.21. The van der Waals surface area contributed by atoms with Gasteiger partial charge >= 0.3 is 0 Å². The second kappa shape index (κ2) is 9.42. The maximum absolute atomic E-state index is 12.4. The van der Waals surface area contributed by atoms with Crippen LogP contribution in [0.5, 0.6) is 0 Å². The third-order valence-corrected chi connectivity index (χ3v) is 4.58. The summed E-state index contributed by atoms with van der Waals surface area (Å²) in [6.07, 6.45) is 4.08. The smallest absolute Gasteiger partial charge is 0.251 e. The maximum atomic E-state index is 12.4. The average molecular weight is 366 g/mol. The Kier molecular flexibility index (Phi) is 7.25. The van der Waals surface area contributed by atoms with Gasteiger partial charge in [0, 0.05) is 30.6 Å². The molecule has 1 atom stereocenters. The zero-order valence-electron chi connectivity index (χ0n) is 14.3. The van der Waals surface area contributed by atoms with E-state index in [2.05, 4.69) is 16.0 Å². The Balaban J connectivity index is 1.76. The first-order chi connectivity index (χ1) is 12.0. The van der Waals surface area contributed by atoms with Crippen molar-refractivity contribution >= 4 is 29.3 Å². The van der Waals surface area contributed by atoms with Crippen molar-refractivity contribution in [2.75, 3.05) is 13.1 Å². The number of hydrogen-bond acceptors (Lipinski definition) is 3. The highest BCUT2D eigenvalue weighted by atomic mass is 35.5. The van der Waals surface area contributed by atoms with E-state index in [1.807, 2.05) is 0 Å². The number of benzene rings is 1. The van der Waals surface area contributed by atoms with Gasteiger partial charge in [-0.05, 0) is 43.0 Å². The first-order valence-electron chi connectivity index (χ1n) is 8.56. The van der Waals surface area contributed by atoms with Gasteiger partial charge in [-0.1, -0.05) is 24.4 Å². The number of carbonyl (C=O) groups is 3. The van der Waals surface area contributed by atoms with Crippen LogP contribution in [0.15, 0.2) is 24.3 Å². The molecule has 0 aromatic heterocycles. The molecule has 1 saturated carbocycles. The summed E-state index contributed by atoms with van der Waals surface area (Å²) in [4.78, 5) is 35.7. The molecule has 1 fully saturated rings. The van der Waals surface area contributed by atoms with Crippen molar-refractivity contribution in [3.05, 3.63) is 34.9 Å². The molecule has 1 unspecified atom stereocenters. The van der Waals surface area contributed by atoms with Crippen molar-refractivity contribution in [1.82, 2.24) is 16.0 Å². The van der Waals surface area contributed by atoms with Gasteiger partial charge in [-0.15, -0.1) is 0 Å². The summed E-state index contributed by atoms with van der Waals surface area (Å²) < 4.78 is 0. The molecule has 1 aromatic rings. The summed E-state index contributed by atoms with van der Waals surface area (Å²) in [6, 6.07) is 6.09. The van der Waals surface area contributed by atoms with Crippen molar-refractivity contribution in [2.45, 2.75) is 38.6 Å². The number of nitrogens with one attached hydrogen (secondary N) is 3. The van der Waals surface area contributed by atoms with Crippen LogP contribution in [0.1, 0.15) is 43.0 Å². The van der Waals surface area contributed by atoms with E-state index in [0.717, 1.165) is 25.7 Å². The van der Waals surface area contributed by atoms with Gasteiger partial charge in [0.2, 0.25) is 11.8 Å². The van der Waals surface area contributed by atoms with Crippen molar-refractivity contribution in [1.29, 1.82) is 0 Å². The maximum Gasteiger partial charge on any atom is 0.251 e. The lowest BCUT2D eigenvalue weighted by Gasteiger charge is -2.23. The van der Waals surface area contributed by atoms with E-state index in [-0.39, 0.29) is 23.6 Å². The number of halogens is 1. The molecule has 3 amide bonds. The molecule has 136 valence electrons. The predicted molar refractivity (Wildman–Crippen MR) is 96.4 cm³/mol. The molecule has 7 heteroatoms. The van der Waals surface area contributed by atoms with Gasteiger partial charge in [0.25, 0.3) is 5.91 Å². The van der Waals surface area contributed by atoms with Crippen LogP contribution in [0.2, 0.25) is 5.02 Å². The van der Waals surface area contributed by atoms with Crippen molar-refractivity contribution in [3.63, 3.8) is 0 Å². The van der Waals surface area contributed by atoms with Gasteiger partial charge in [0.1, 0.15) is 6.04 Å². The number of carbonyl (C=O) groups excluding carboxylic acids is 3. The number of amides is 3. The minimum Gasteiger partial charge on any atom is -0.353 e. The van der Waals surface area contributed by atoms with E-state index in [0.29, 0.717) is 23.7 Å². The van der Waals surface area contributed by atoms with Crippen LogP contribution in [0, 0.1) is 5.92 Å². The molecule has 6 nitrogen and oxygen atoms in total. The standard InChI is InChI=1S/C18H24ClN3O3/c1-12(23)22-16(13-4-2-3-5-13)18(25)21-11-10-20-17(24)14-6-8-15(19)9-7-14/h6-9,13,16H,2-5,10-11H2,1H3,(H,20,24)(H,21,25)(H,22,23). The van der Waals surface area contributed by atoms with Gasteiger partial charge in [0.05, 0.1) is 0 Å². The summed E-state index contributed by atoms with van der Waals surface area (Å²) >= 11 is 5.79. The molecule has 0 bridgehead atoms. The van der Waals surface area contributed by atoms with E-state index in [4.69, 9.17) is 11.6 Å². The minimum absolute atomic E-state index is 0.188. The Bertz CT molecular complexity index is 612. The summed E-state index contributed by atoms with van der Waals surface area (Å²) in [5, 5.41) is 8.85. The predicted octanol–water partition coefficient (Wildman–Crippen LogP) is 1.88. The second-order valence-corrected chi connectivity index (χ2v) is 6.71. The van der Waals surface area contributed by atoms with Gasteiger partial charge in [-0.3, -0.25) is 14.4 Å². The molecule has 0 aliphatic heterocycles. The first-order valence-corrected chi connectivity index (χ1v) is 8.93. The molecule has 3 N–H and O–H groups in total. The van der Waals surface area contributed by atoms with Crippen LogP contribution in [0.25, 0.3) is 0 Å². The van der Waals surface area contributed by atoms with Gasteiger partial charge in [-0.2, -0.15) is 0 Å². The molecule has 0 saturated heterocycles. The SMILES string of the molecule is CC(=O)NC(C(=O)NCCNC(=O)c1ccc(Cl)cc1)C1CCCC1. The van der Waals surface area contributed by atoms with E-state index in [1.165, 1.54) is 6.92 Å². The third-order valence-electron chi connectivity index (χ3n) is 4.33. The van der Waals surface area contributed by atoms with Crippen LogP contribution in [-0.2, 0) is 9.59 Å². The molecule has 1 aliphatic carbocycles. The quantitative estimate of drug-likeness (QED) is 0.645. The largest absolute Gasteiger partial charge is 0.353 e. The Morgan fingerprint density at radius 2 is 1.68 bits per heavy atom. The zero-order valence-corrected chi connectivity index (χ0v) is 15.1. The Hall–Kier alpha value is -2.08. The monoisotopic (exact) mass is 365 g/mol. The Morgan fingerprint density at radius 1 is 1.08 bits per heavy atom. The highest BCUT2D eigenvalue weighted by Gasteiger charge is 2.30. The lowest BCUT2D eigenvalue weighted by molar-refractivity contribution is -0.129. The molecule has 0 spiro atoms. The highest BCUT2D eigenvalue weighted by Crippen LogP contribution is 2.27. The van der Waals surface area contributed by atoms with Crippen LogP contribution in [0.3, 0.4) is 0 Å². The fraction of sp³-hybridized carbons (Fsp3) is 0.500. The van der Waals surface area contributed by atoms with Gasteiger partial charge < -0.3 is 16.0 Å². The molecule has 1 aromatic carbocycles. The van der Waals surface area contributed by atoms with Gasteiger partial charge in [0.15, 0.2) is 0 Å². The highest BCUT2D eigenvalue weighted by molar-refractivity contribution is 6.30. The molecule has 0 radical (unpaired) electrons. The molecule has 0 heterocycles. The van der Waals surface area contributed by atoms with Gasteiger partial charge in [-0.25, -0.2) is 0 Å². The lowest BCUT2D eigenvalue weighted by atomic mass is 9.97. The molecule has 1 aliphatic rings. The molecular formula is C18H24ClN3O3. The van der Waals surface area contributed by atoms with Crippen LogP contribution >= 0.6 is 11.6 Å². The zero-order chi connectivity index (χ0) is 18.2. The van der Waals surface area contributed by atoms with Crippen LogP contribution < -0.4 is 16.0 Å². The Labute approximate surface area is 152 Å². The second-order valence-electron chi connectivity index (χ2n) is 6.28. The topological polar surface area (TPSA) is 87.3 Å². The average Bonchev–Trinajstić information content (AvgIpc) is 3.11. The summed E-state index contributed by atoms with van der Waals surface area (Å²) in [7, 11) is 0. The summed E-state index contributed by atoms with van der Waals surface area (Å²) in [6.45, 7) is 2.03. The molecule has 25 heavy (non-hydrogen) atoms. The summed E-state index contributed by atoms with van der Waals surface area (Å²) in [5.74, 6) is -0.432. The lowest BCUT2D eigenvalue weighted by Crippen LogP contribution is -2.51. The van der Waals surface area contributed by atoms with Crippen molar-refractivity contribution < 1.29 is 14.4 Å². The normalized spacial score (nSPS) is 15.4. The molecular weight excluding hydrogens is 342 g/mol. The van der Waals surface area contributed by atoms with Crippen LogP contribution in [0.4, 0.5) is 0 Å². The first kappa shape index (κ1) is 19.2. The molecule has 2 rings (SSSR count). The van der Waals surface area contributed by atoms with Crippen molar-refractivity contribution in [3.8, 4) is 0 Å². The van der Waals surface area contributed by atoms with E-state index in [1.54, 1.807) is 24.3 Å². The summed E-state index contributed by atoms with van der Waals surface area (Å²) in [5.41, 5.74) is 0.512. The number of hydrogen-bond donors (Lipinski definition) is 3. The van der Waals surface area contributed by atoms with E-state index in [9.17, 15) is 14.4 Å². The van der Waals surface area contributed by atoms with Crippen LogP contribution in [-0.4, -0.2) is 36.9 Å². The number of rotatable bonds is 7. The third kappa shape index (κ3) is 6.05. The Morgan fingerprint density at radius 3 is 2.28 bits per heavy atom. The minimum atomic E-state index is -0.494. The van der Waals surface area contributed by atoms with E-state index >= 15 is 0 Å².